The summed E-state index contributed by atoms with van der Waals surface area (Å²) in [6.07, 6.45) is 0.889. The van der Waals surface area contributed by atoms with E-state index in [0.717, 1.165) is 12.0 Å². The standard InChI is InChI=1S/C12H18N2O2S/c1-8-6-9(4-5-10(8)13)17(15,16)14-11-7-12(11,2)3/h4-6,11,14H,7,13H2,1-3H3. The molecule has 5 heteroatoms. The van der Waals surface area contributed by atoms with E-state index < -0.39 is 10.0 Å². The normalized spacial score (nSPS) is 22.4. The first-order chi connectivity index (χ1) is 7.72. The molecule has 1 saturated carbocycles. The van der Waals surface area contributed by atoms with Crippen LogP contribution < -0.4 is 10.5 Å². The Kier molecular flexibility index (Phi) is 2.71. The fourth-order valence-electron chi connectivity index (χ4n) is 1.74. The van der Waals surface area contributed by atoms with Gasteiger partial charge in [0.2, 0.25) is 10.0 Å². The molecule has 0 radical (unpaired) electrons. The molecule has 0 spiro atoms. The summed E-state index contributed by atoms with van der Waals surface area (Å²) in [6, 6.07) is 4.82. The topological polar surface area (TPSA) is 72.2 Å². The average Bonchev–Trinajstić information content (AvgIpc) is 2.77. The van der Waals surface area contributed by atoms with Crippen molar-refractivity contribution in [3.05, 3.63) is 23.8 Å². The molecule has 1 fully saturated rings. The molecule has 4 nitrogen and oxygen atoms in total. The Morgan fingerprint density at radius 3 is 2.47 bits per heavy atom. The smallest absolute Gasteiger partial charge is 0.240 e. The quantitative estimate of drug-likeness (QED) is 0.806. The number of nitrogen functional groups attached to an aromatic ring is 1. The molecule has 1 aliphatic rings. The van der Waals surface area contributed by atoms with Crippen LogP contribution in [0.25, 0.3) is 0 Å². The summed E-state index contributed by atoms with van der Waals surface area (Å²) in [4.78, 5) is 0.284. The number of rotatable bonds is 3. The van der Waals surface area contributed by atoms with Crippen molar-refractivity contribution >= 4 is 15.7 Å². The number of nitrogens with two attached hydrogens (primary N) is 1. The summed E-state index contributed by atoms with van der Waals surface area (Å²) >= 11 is 0. The molecular weight excluding hydrogens is 236 g/mol. The highest BCUT2D eigenvalue weighted by Crippen LogP contribution is 2.45. The molecule has 94 valence electrons. The van der Waals surface area contributed by atoms with Gasteiger partial charge in [0.25, 0.3) is 0 Å². The van der Waals surface area contributed by atoms with Crippen molar-refractivity contribution < 1.29 is 8.42 Å². The molecule has 1 aromatic rings. The van der Waals surface area contributed by atoms with E-state index in [4.69, 9.17) is 5.73 Å². The molecule has 0 aliphatic heterocycles. The maximum atomic E-state index is 12.1. The van der Waals surface area contributed by atoms with Gasteiger partial charge in [-0.05, 0) is 42.5 Å². The first-order valence-corrected chi connectivity index (χ1v) is 7.09. The average molecular weight is 254 g/mol. The third-order valence-electron chi connectivity index (χ3n) is 3.36. The van der Waals surface area contributed by atoms with E-state index in [1.54, 1.807) is 25.1 Å². The Balaban J connectivity index is 2.23. The van der Waals surface area contributed by atoms with Crippen LogP contribution in [0.2, 0.25) is 0 Å². The molecule has 0 saturated heterocycles. The number of hydrogen-bond acceptors (Lipinski definition) is 3. The number of nitrogens with one attached hydrogen (secondary N) is 1. The molecule has 0 amide bonds. The summed E-state index contributed by atoms with van der Waals surface area (Å²) in [5, 5.41) is 0. The van der Waals surface area contributed by atoms with E-state index in [1.807, 2.05) is 0 Å². The molecule has 3 N–H and O–H groups in total. The predicted octanol–water partition coefficient (Wildman–Crippen LogP) is 1.65. The molecule has 0 heterocycles. The van der Waals surface area contributed by atoms with Crippen LogP contribution in [0.1, 0.15) is 25.8 Å². The second-order valence-corrected chi connectivity index (χ2v) is 7.10. The number of anilines is 1. The van der Waals surface area contributed by atoms with Gasteiger partial charge >= 0.3 is 0 Å². The Morgan fingerprint density at radius 2 is 2.00 bits per heavy atom. The van der Waals surface area contributed by atoms with Crippen LogP contribution in [-0.2, 0) is 10.0 Å². The van der Waals surface area contributed by atoms with Crippen LogP contribution in [-0.4, -0.2) is 14.5 Å². The first-order valence-electron chi connectivity index (χ1n) is 5.61. The number of benzene rings is 1. The van der Waals surface area contributed by atoms with Gasteiger partial charge in [-0.15, -0.1) is 0 Å². The van der Waals surface area contributed by atoms with Crippen molar-refractivity contribution in [1.82, 2.24) is 4.72 Å². The fourth-order valence-corrected chi connectivity index (χ4v) is 3.23. The largest absolute Gasteiger partial charge is 0.399 e. The number of hydrogen-bond donors (Lipinski definition) is 2. The third kappa shape index (κ3) is 2.45. The van der Waals surface area contributed by atoms with Gasteiger partial charge < -0.3 is 5.73 Å². The molecular formula is C12H18N2O2S. The zero-order chi connectivity index (χ0) is 12.8. The van der Waals surface area contributed by atoms with Gasteiger partial charge in [-0.2, -0.15) is 0 Å². The summed E-state index contributed by atoms with van der Waals surface area (Å²) in [6.45, 7) is 5.90. The third-order valence-corrected chi connectivity index (χ3v) is 4.83. The number of aryl methyl sites for hydroxylation is 1. The van der Waals surface area contributed by atoms with Crippen molar-refractivity contribution in [3.63, 3.8) is 0 Å². The monoisotopic (exact) mass is 254 g/mol. The lowest BCUT2D eigenvalue weighted by molar-refractivity contribution is 0.555. The highest BCUT2D eigenvalue weighted by Gasteiger charge is 2.47. The van der Waals surface area contributed by atoms with Crippen LogP contribution in [0.3, 0.4) is 0 Å². The molecule has 2 rings (SSSR count). The van der Waals surface area contributed by atoms with Gasteiger partial charge in [-0.1, -0.05) is 13.8 Å². The van der Waals surface area contributed by atoms with Gasteiger partial charge in [0, 0.05) is 11.7 Å². The SMILES string of the molecule is Cc1cc(S(=O)(=O)NC2CC2(C)C)ccc1N. The van der Waals surface area contributed by atoms with Gasteiger partial charge in [0.1, 0.15) is 0 Å². The minimum Gasteiger partial charge on any atom is -0.399 e. The van der Waals surface area contributed by atoms with Crippen molar-refractivity contribution in [3.8, 4) is 0 Å². The van der Waals surface area contributed by atoms with Crippen molar-refractivity contribution in [1.29, 1.82) is 0 Å². The molecule has 1 aliphatic carbocycles. The fraction of sp³-hybridized carbons (Fsp3) is 0.500. The second kappa shape index (κ2) is 3.71. The van der Waals surface area contributed by atoms with Gasteiger partial charge in [0.15, 0.2) is 0 Å². The zero-order valence-electron chi connectivity index (χ0n) is 10.3. The predicted molar refractivity (Wildman–Crippen MR) is 68.1 cm³/mol. The first kappa shape index (κ1) is 12.4. The van der Waals surface area contributed by atoms with Crippen LogP contribution in [0.4, 0.5) is 5.69 Å². The molecule has 17 heavy (non-hydrogen) atoms. The molecule has 1 aromatic carbocycles. The molecule has 0 bridgehead atoms. The maximum Gasteiger partial charge on any atom is 0.240 e. The molecule has 0 aromatic heterocycles. The van der Waals surface area contributed by atoms with Crippen LogP contribution in [0.15, 0.2) is 23.1 Å². The van der Waals surface area contributed by atoms with E-state index in [0.29, 0.717) is 5.69 Å². The maximum absolute atomic E-state index is 12.1. The van der Waals surface area contributed by atoms with Gasteiger partial charge in [0.05, 0.1) is 4.90 Å². The number of sulfonamides is 1. The second-order valence-electron chi connectivity index (χ2n) is 5.38. The Bertz CT molecular complexity index is 550. The minimum absolute atomic E-state index is 0.0466. The van der Waals surface area contributed by atoms with Crippen LogP contribution in [0, 0.1) is 12.3 Å². The minimum atomic E-state index is -3.41. The summed E-state index contributed by atoms with van der Waals surface area (Å²) < 4.78 is 26.9. The summed E-state index contributed by atoms with van der Waals surface area (Å²) in [5.41, 5.74) is 7.14. The zero-order valence-corrected chi connectivity index (χ0v) is 11.1. The lowest BCUT2D eigenvalue weighted by atomic mass is 10.2. The Labute approximate surface area is 102 Å². The Morgan fingerprint density at radius 1 is 1.41 bits per heavy atom. The van der Waals surface area contributed by atoms with Gasteiger partial charge in [-0.25, -0.2) is 13.1 Å². The summed E-state index contributed by atoms with van der Waals surface area (Å²) in [7, 11) is -3.41. The van der Waals surface area contributed by atoms with E-state index in [-0.39, 0.29) is 16.4 Å². The highest BCUT2D eigenvalue weighted by atomic mass is 32.2. The lowest BCUT2D eigenvalue weighted by Gasteiger charge is -2.09. The van der Waals surface area contributed by atoms with E-state index in [9.17, 15) is 8.42 Å². The van der Waals surface area contributed by atoms with Crippen molar-refractivity contribution in [2.75, 3.05) is 5.73 Å². The van der Waals surface area contributed by atoms with Crippen LogP contribution in [0.5, 0.6) is 0 Å². The van der Waals surface area contributed by atoms with Gasteiger partial charge in [-0.3, -0.25) is 0 Å². The highest BCUT2D eigenvalue weighted by molar-refractivity contribution is 7.89. The van der Waals surface area contributed by atoms with Crippen molar-refractivity contribution in [2.24, 2.45) is 5.41 Å². The Hall–Kier alpha value is -1.07. The van der Waals surface area contributed by atoms with Crippen molar-refractivity contribution in [2.45, 2.75) is 38.1 Å². The van der Waals surface area contributed by atoms with E-state index in [1.165, 1.54) is 0 Å². The molecule has 1 atom stereocenters. The molecule has 1 unspecified atom stereocenters. The lowest BCUT2D eigenvalue weighted by Crippen LogP contribution is -2.28. The van der Waals surface area contributed by atoms with E-state index in [2.05, 4.69) is 18.6 Å². The summed E-state index contributed by atoms with van der Waals surface area (Å²) in [5.74, 6) is 0. The van der Waals surface area contributed by atoms with E-state index >= 15 is 0 Å². The van der Waals surface area contributed by atoms with Crippen LogP contribution >= 0.6 is 0 Å².